The van der Waals surface area contributed by atoms with Crippen molar-refractivity contribution < 1.29 is 9.84 Å². The number of hydrogen-bond donors (Lipinski definition) is 2. The molecule has 0 bridgehead atoms. The van der Waals surface area contributed by atoms with E-state index >= 15 is 0 Å². The van der Waals surface area contributed by atoms with Crippen LogP contribution in [-0.2, 0) is 4.74 Å². The molecule has 0 spiro atoms. The Balaban J connectivity index is 0.00000154. The zero-order valence-electron chi connectivity index (χ0n) is 12.7. The van der Waals surface area contributed by atoms with Gasteiger partial charge in [-0.1, -0.05) is 44.2 Å². The fourth-order valence-corrected chi connectivity index (χ4v) is 1.51. The fraction of sp³-hybridized carbons (Fsp3) is 0.500. The average Bonchev–Trinajstić information content (AvgIpc) is 2.37. The highest BCUT2D eigenvalue weighted by molar-refractivity contribution is 5.19. The van der Waals surface area contributed by atoms with Gasteiger partial charge in [0.1, 0.15) is 5.60 Å². The van der Waals surface area contributed by atoms with Crippen LogP contribution >= 0.6 is 0 Å². The van der Waals surface area contributed by atoms with Crippen LogP contribution in [-0.4, -0.2) is 17.3 Å². The fourth-order valence-electron chi connectivity index (χ4n) is 1.51. The maximum atomic E-state index is 9.37. The van der Waals surface area contributed by atoms with Crippen molar-refractivity contribution in [3.05, 3.63) is 48.4 Å². The summed E-state index contributed by atoms with van der Waals surface area (Å²) in [6, 6.07) is 9.54. The number of rotatable bonds is 5. The third-order valence-corrected chi connectivity index (χ3v) is 2.15. The molecule has 1 unspecified atom stereocenters. The van der Waals surface area contributed by atoms with Crippen LogP contribution in [0.1, 0.15) is 46.2 Å². The predicted octanol–water partition coefficient (Wildman–Crippen LogP) is 3.62. The molecule has 0 aliphatic heterocycles. The second kappa shape index (κ2) is 8.59. The first-order valence-corrected chi connectivity index (χ1v) is 6.72. The molecule has 1 aromatic rings. The molecule has 1 aromatic carbocycles. The van der Waals surface area contributed by atoms with Gasteiger partial charge in [-0.3, -0.25) is 0 Å². The van der Waals surface area contributed by atoms with Gasteiger partial charge in [0.25, 0.3) is 0 Å². The van der Waals surface area contributed by atoms with Crippen molar-refractivity contribution in [2.45, 2.75) is 46.3 Å². The lowest BCUT2D eigenvalue weighted by molar-refractivity contribution is 0.0356. The van der Waals surface area contributed by atoms with Gasteiger partial charge in [0, 0.05) is 0 Å². The van der Waals surface area contributed by atoms with E-state index in [2.05, 4.69) is 11.9 Å². The summed E-state index contributed by atoms with van der Waals surface area (Å²) in [5.74, 6) is 0.473. The molecule has 0 saturated heterocycles. The summed E-state index contributed by atoms with van der Waals surface area (Å²) >= 11 is 0. The van der Waals surface area contributed by atoms with E-state index in [0.29, 0.717) is 5.88 Å². The monoisotopic (exact) mass is 265 g/mol. The molecule has 0 saturated carbocycles. The van der Waals surface area contributed by atoms with E-state index < -0.39 is 0 Å². The van der Waals surface area contributed by atoms with Gasteiger partial charge in [-0.2, -0.15) is 0 Å². The summed E-state index contributed by atoms with van der Waals surface area (Å²) in [4.78, 5) is 0. The molecule has 0 amide bonds. The van der Waals surface area contributed by atoms with Gasteiger partial charge in [0.15, 0.2) is 5.88 Å². The standard InChI is InChI=1S/C14H21NO2.C2H6/c1-11(17-14(2,3)4)15-13(10-16)12-8-6-5-7-9-12;1-2/h5-9,13,15-16H,1,10H2,2-4H3;1-2H3. The minimum absolute atomic E-state index is 0.00344. The Morgan fingerprint density at radius 2 is 1.79 bits per heavy atom. The molecule has 1 rings (SSSR count). The van der Waals surface area contributed by atoms with Gasteiger partial charge in [-0.15, -0.1) is 0 Å². The van der Waals surface area contributed by atoms with E-state index in [4.69, 9.17) is 4.74 Å². The third kappa shape index (κ3) is 7.52. The van der Waals surface area contributed by atoms with E-state index in [1.165, 1.54) is 0 Å². The Kier molecular flexibility index (Phi) is 7.92. The largest absolute Gasteiger partial charge is 0.474 e. The molecule has 3 heteroatoms. The summed E-state index contributed by atoms with van der Waals surface area (Å²) < 4.78 is 5.57. The van der Waals surface area contributed by atoms with Gasteiger partial charge in [0.05, 0.1) is 12.6 Å². The van der Waals surface area contributed by atoms with E-state index in [0.717, 1.165) is 5.56 Å². The Bertz CT molecular complexity index is 355. The van der Waals surface area contributed by atoms with Crippen LogP contribution in [0, 0.1) is 0 Å². The maximum Gasteiger partial charge on any atom is 0.180 e. The van der Waals surface area contributed by atoms with Crippen molar-refractivity contribution in [3.8, 4) is 0 Å². The maximum absolute atomic E-state index is 9.37. The van der Waals surface area contributed by atoms with Gasteiger partial charge in [0.2, 0.25) is 0 Å². The summed E-state index contributed by atoms with van der Waals surface area (Å²) in [7, 11) is 0. The molecule has 0 radical (unpaired) electrons. The number of aliphatic hydroxyl groups is 1. The van der Waals surface area contributed by atoms with Crippen LogP contribution in [0.15, 0.2) is 42.8 Å². The van der Waals surface area contributed by atoms with Crippen LogP contribution in [0.25, 0.3) is 0 Å². The molecule has 2 N–H and O–H groups in total. The first kappa shape index (κ1) is 17.5. The Morgan fingerprint density at radius 1 is 1.26 bits per heavy atom. The van der Waals surface area contributed by atoms with Crippen LogP contribution in [0.5, 0.6) is 0 Å². The number of hydrogen-bond acceptors (Lipinski definition) is 3. The van der Waals surface area contributed by atoms with Gasteiger partial charge in [-0.25, -0.2) is 0 Å². The second-order valence-corrected chi connectivity index (χ2v) is 4.93. The number of aliphatic hydroxyl groups excluding tert-OH is 1. The number of nitrogens with one attached hydrogen (secondary N) is 1. The number of benzene rings is 1. The molecule has 108 valence electrons. The molecule has 19 heavy (non-hydrogen) atoms. The third-order valence-electron chi connectivity index (χ3n) is 2.15. The predicted molar refractivity (Wildman–Crippen MR) is 80.7 cm³/mol. The van der Waals surface area contributed by atoms with Crippen molar-refractivity contribution in [3.63, 3.8) is 0 Å². The molecular formula is C16H27NO2. The Morgan fingerprint density at radius 3 is 2.21 bits per heavy atom. The zero-order chi connectivity index (χ0) is 14.9. The number of ether oxygens (including phenoxy) is 1. The second-order valence-electron chi connectivity index (χ2n) is 4.93. The molecule has 1 atom stereocenters. The molecule has 0 heterocycles. The van der Waals surface area contributed by atoms with Gasteiger partial charge >= 0.3 is 0 Å². The first-order chi connectivity index (χ1) is 8.92. The average molecular weight is 265 g/mol. The van der Waals surface area contributed by atoms with E-state index in [9.17, 15) is 5.11 Å². The summed E-state index contributed by atoms with van der Waals surface area (Å²) in [5.41, 5.74) is 0.717. The SMILES string of the molecule is C=C(NC(CO)c1ccccc1)OC(C)(C)C.CC. The highest BCUT2D eigenvalue weighted by Crippen LogP contribution is 2.16. The van der Waals surface area contributed by atoms with Crippen LogP contribution < -0.4 is 5.32 Å². The topological polar surface area (TPSA) is 41.5 Å². The molecule has 0 aromatic heterocycles. The lowest BCUT2D eigenvalue weighted by atomic mass is 10.1. The van der Waals surface area contributed by atoms with Gasteiger partial charge in [-0.05, 0) is 32.9 Å². The van der Waals surface area contributed by atoms with Gasteiger partial charge < -0.3 is 15.2 Å². The highest BCUT2D eigenvalue weighted by atomic mass is 16.5. The molecule has 3 nitrogen and oxygen atoms in total. The van der Waals surface area contributed by atoms with E-state index in [1.807, 2.05) is 65.0 Å². The Hall–Kier alpha value is -1.48. The van der Waals surface area contributed by atoms with Crippen molar-refractivity contribution in [2.24, 2.45) is 0 Å². The summed E-state index contributed by atoms with van der Waals surface area (Å²) in [6.45, 7) is 13.7. The summed E-state index contributed by atoms with van der Waals surface area (Å²) in [6.07, 6.45) is 0. The summed E-state index contributed by atoms with van der Waals surface area (Å²) in [5, 5.41) is 12.4. The van der Waals surface area contributed by atoms with Crippen molar-refractivity contribution >= 4 is 0 Å². The van der Waals surface area contributed by atoms with Crippen molar-refractivity contribution in [1.29, 1.82) is 0 Å². The minimum Gasteiger partial charge on any atom is -0.474 e. The quantitative estimate of drug-likeness (QED) is 0.799. The molecule has 0 aliphatic carbocycles. The van der Waals surface area contributed by atoms with E-state index in [1.54, 1.807) is 0 Å². The minimum atomic E-state index is -0.291. The normalized spacial score (nSPS) is 11.9. The lowest BCUT2D eigenvalue weighted by Crippen LogP contribution is -2.29. The Labute approximate surface area is 117 Å². The molecule has 0 fully saturated rings. The zero-order valence-corrected chi connectivity index (χ0v) is 12.7. The lowest BCUT2D eigenvalue weighted by Gasteiger charge is -2.26. The van der Waals surface area contributed by atoms with Crippen LogP contribution in [0.4, 0.5) is 0 Å². The van der Waals surface area contributed by atoms with E-state index in [-0.39, 0.29) is 18.2 Å². The molecular weight excluding hydrogens is 238 g/mol. The first-order valence-electron chi connectivity index (χ1n) is 6.72. The van der Waals surface area contributed by atoms with Crippen LogP contribution in [0.3, 0.4) is 0 Å². The highest BCUT2D eigenvalue weighted by Gasteiger charge is 2.16. The van der Waals surface area contributed by atoms with Crippen molar-refractivity contribution in [2.75, 3.05) is 6.61 Å². The smallest absolute Gasteiger partial charge is 0.180 e. The van der Waals surface area contributed by atoms with Crippen molar-refractivity contribution in [1.82, 2.24) is 5.32 Å². The molecule has 0 aliphatic rings. The van der Waals surface area contributed by atoms with Crippen LogP contribution in [0.2, 0.25) is 0 Å².